The maximum absolute atomic E-state index is 14.2. The minimum absolute atomic E-state index is 0.0734. The molecule has 10 heteroatoms. The van der Waals surface area contributed by atoms with Gasteiger partial charge in [-0.1, -0.05) is 42.7 Å². The van der Waals surface area contributed by atoms with Gasteiger partial charge in [-0.15, -0.1) is 11.8 Å². The summed E-state index contributed by atoms with van der Waals surface area (Å²) in [5.74, 6) is -0.123. The Hall–Kier alpha value is -3.50. The second kappa shape index (κ2) is 14.8. The summed E-state index contributed by atoms with van der Waals surface area (Å²) in [6.07, 6.45) is 5.89. The number of amides is 2. The Morgan fingerprint density at radius 3 is 2.30 bits per heavy atom. The number of ether oxygens (including phenoxy) is 1. The lowest BCUT2D eigenvalue weighted by molar-refractivity contribution is -0.139. The van der Waals surface area contributed by atoms with Crippen LogP contribution >= 0.6 is 11.8 Å². The molecule has 0 heterocycles. The van der Waals surface area contributed by atoms with Gasteiger partial charge in [0.2, 0.25) is 11.8 Å². The van der Waals surface area contributed by atoms with Crippen LogP contribution in [0.15, 0.2) is 82.6 Å². The highest BCUT2D eigenvalue weighted by molar-refractivity contribution is 7.98. The molecule has 0 aliphatic heterocycles. The van der Waals surface area contributed by atoms with Crippen molar-refractivity contribution in [2.24, 2.45) is 0 Å². The van der Waals surface area contributed by atoms with Crippen LogP contribution < -0.4 is 14.4 Å². The van der Waals surface area contributed by atoms with E-state index >= 15 is 0 Å². The van der Waals surface area contributed by atoms with Crippen LogP contribution in [-0.4, -0.2) is 56.6 Å². The maximum Gasteiger partial charge on any atom is 0.264 e. The number of rotatable bonds is 13. The van der Waals surface area contributed by atoms with E-state index < -0.39 is 28.5 Å². The van der Waals surface area contributed by atoms with Crippen LogP contribution in [0.3, 0.4) is 0 Å². The van der Waals surface area contributed by atoms with Crippen LogP contribution in [0.4, 0.5) is 5.69 Å². The third-order valence-corrected chi connectivity index (χ3v) is 10.2. The fourth-order valence-electron chi connectivity index (χ4n) is 5.26. The number of benzene rings is 3. The quantitative estimate of drug-likeness (QED) is 0.242. The zero-order valence-electron chi connectivity index (χ0n) is 25.3. The third kappa shape index (κ3) is 8.32. The molecule has 0 radical (unpaired) electrons. The zero-order chi connectivity index (χ0) is 31.0. The van der Waals surface area contributed by atoms with Gasteiger partial charge in [-0.05, 0) is 94.0 Å². The van der Waals surface area contributed by atoms with E-state index in [1.165, 1.54) is 16.7 Å². The van der Waals surface area contributed by atoms with Crippen molar-refractivity contribution >= 4 is 39.3 Å². The smallest absolute Gasteiger partial charge is 0.264 e. The Balaban J connectivity index is 1.69. The van der Waals surface area contributed by atoms with E-state index in [0.717, 1.165) is 46.0 Å². The molecule has 3 aromatic carbocycles. The largest absolute Gasteiger partial charge is 0.494 e. The first-order valence-electron chi connectivity index (χ1n) is 14.7. The number of aryl methyl sites for hydroxylation is 1. The first-order valence-corrected chi connectivity index (χ1v) is 17.3. The Kier molecular flexibility index (Phi) is 11.2. The molecular weight excluding hydrogens is 583 g/mol. The molecule has 43 heavy (non-hydrogen) atoms. The Labute approximate surface area is 259 Å². The third-order valence-electron chi connectivity index (χ3n) is 7.67. The minimum Gasteiger partial charge on any atom is -0.494 e. The summed E-state index contributed by atoms with van der Waals surface area (Å²) >= 11 is 1.51. The van der Waals surface area contributed by atoms with Crippen molar-refractivity contribution < 1.29 is 22.7 Å². The van der Waals surface area contributed by atoms with Crippen LogP contribution in [0, 0.1) is 6.92 Å². The molecule has 4 rings (SSSR count). The molecule has 0 unspecified atom stereocenters. The van der Waals surface area contributed by atoms with E-state index in [4.69, 9.17) is 4.74 Å². The van der Waals surface area contributed by atoms with Gasteiger partial charge in [0.1, 0.15) is 18.3 Å². The molecule has 1 aliphatic rings. The van der Waals surface area contributed by atoms with Gasteiger partial charge in [0, 0.05) is 17.5 Å². The number of sulfonamides is 1. The number of hydrogen-bond acceptors (Lipinski definition) is 6. The number of thioether (sulfide) groups is 1. The van der Waals surface area contributed by atoms with Gasteiger partial charge in [-0.3, -0.25) is 13.9 Å². The Morgan fingerprint density at radius 1 is 1.02 bits per heavy atom. The highest BCUT2D eigenvalue weighted by Gasteiger charge is 2.33. The lowest BCUT2D eigenvalue weighted by Gasteiger charge is -2.32. The van der Waals surface area contributed by atoms with Crippen molar-refractivity contribution in [3.63, 3.8) is 0 Å². The van der Waals surface area contributed by atoms with Gasteiger partial charge in [0.15, 0.2) is 0 Å². The van der Waals surface area contributed by atoms with E-state index in [9.17, 15) is 18.0 Å². The number of nitrogens with zero attached hydrogens (tertiary/aromatic N) is 2. The van der Waals surface area contributed by atoms with Crippen LogP contribution in [0.2, 0.25) is 0 Å². The molecule has 1 N–H and O–H groups in total. The van der Waals surface area contributed by atoms with Gasteiger partial charge in [-0.25, -0.2) is 8.42 Å². The van der Waals surface area contributed by atoms with Crippen LogP contribution in [0.1, 0.15) is 50.7 Å². The second-order valence-electron chi connectivity index (χ2n) is 10.8. The summed E-state index contributed by atoms with van der Waals surface area (Å²) in [7, 11) is -4.14. The first-order chi connectivity index (χ1) is 20.6. The summed E-state index contributed by atoms with van der Waals surface area (Å²) in [6.45, 7) is 5.70. The Bertz CT molecular complexity index is 1490. The van der Waals surface area contributed by atoms with Crippen molar-refractivity contribution in [2.75, 3.05) is 23.7 Å². The fourth-order valence-corrected chi connectivity index (χ4v) is 7.08. The standard InChI is InChI=1S/C33H41N3O5S2/c1-5-41-29-15-13-28(14-16-29)36(43(39,40)31-19-17-30(42-4)18-20-31)23-32(37)35(22-26-10-8-9-24(2)21-26)25(3)33(38)34-27-11-6-7-12-27/h8-10,13-21,25,27H,5-7,11-12,22-23H2,1-4H3,(H,34,38)/t25-/m0/s1. The van der Waals surface area contributed by atoms with Gasteiger partial charge < -0.3 is 15.0 Å². The van der Waals surface area contributed by atoms with E-state index in [0.29, 0.717) is 18.0 Å². The number of nitrogens with one attached hydrogen (secondary N) is 1. The second-order valence-corrected chi connectivity index (χ2v) is 13.5. The molecule has 0 spiro atoms. The molecule has 3 aromatic rings. The van der Waals surface area contributed by atoms with Crippen LogP contribution in [0.25, 0.3) is 0 Å². The molecule has 0 aromatic heterocycles. The number of carbonyl (C=O) groups excluding carboxylic acids is 2. The predicted octanol–water partition coefficient (Wildman–Crippen LogP) is 5.79. The topological polar surface area (TPSA) is 96.0 Å². The molecule has 1 saturated carbocycles. The summed E-state index contributed by atoms with van der Waals surface area (Å²) in [5, 5.41) is 3.10. The highest BCUT2D eigenvalue weighted by Crippen LogP contribution is 2.28. The molecule has 230 valence electrons. The molecule has 1 atom stereocenters. The van der Waals surface area contributed by atoms with Crippen molar-refractivity contribution in [1.29, 1.82) is 0 Å². The van der Waals surface area contributed by atoms with Crippen molar-refractivity contribution in [3.05, 3.63) is 83.9 Å². The SMILES string of the molecule is CCOc1ccc(N(CC(=O)N(Cc2cccc(C)c2)[C@@H](C)C(=O)NC2CCCC2)S(=O)(=O)c2ccc(SC)cc2)cc1. The molecular formula is C33H41N3O5S2. The normalized spacial score (nSPS) is 14.2. The molecule has 0 saturated heterocycles. The summed E-state index contributed by atoms with van der Waals surface area (Å²) in [5.41, 5.74) is 2.21. The van der Waals surface area contributed by atoms with E-state index in [-0.39, 0.29) is 23.4 Å². The van der Waals surface area contributed by atoms with Crippen molar-refractivity contribution in [3.8, 4) is 5.75 Å². The van der Waals surface area contributed by atoms with E-state index in [2.05, 4.69) is 5.32 Å². The molecule has 0 bridgehead atoms. The average Bonchev–Trinajstić information content (AvgIpc) is 3.52. The summed E-state index contributed by atoms with van der Waals surface area (Å²) in [6, 6.07) is 20.3. The molecule has 1 aliphatic carbocycles. The highest BCUT2D eigenvalue weighted by atomic mass is 32.2. The zero-order valence-corrected chi connectivity index (χ0v) is 26.9. The Morgan fingerprint density at radius 2 is 1.70 bits per heavy atom. The minimum atomic E-state index is -4.14. The first kappa shape index (κ1) is 32.4. The molecule has 2 amide bonds. The summed E-state index contributed by atoms with van der Waals surface area (Å²) < 4.78 is 34.8. The van der Waals surface area contributed by atoms with Gasteiger partial charge in [-0.2, -0.15) is 0 Å². The molecule has 1 fully saturated rings. The maximum atomic E-state index is 14.2. The van der Waals surface area contributed by atoms with Gasteiger partial charge >= 0.3 is 0 Å². The van der Waals surface area contributed by atoms with E-state index in [1.54, 1.807) is 55.5 Å². The van der Waals surface area contributed by atoms with Gasteiger partial charge in [0.05, 0.1) is 17.2 Å². The van der Waals surface area contributed by atoms with E-state index in [1.807, 2.05) is 44.4 Å². The monoisotopic (exact) mass is 623 g/mol. The summed E-state index contributed by atoms with van der Waals surface area (Å²) in [4.78, 5) is 30.0. The number of anilines is 1. The lowest BCUT2D eigenvalue weighted by Crippen LogP contribution is -2.52. The molecule has 8 nitrogen and oxygen atoms in total. The predicted molar refractivity (Wildman–Crippen MR) is 172 cm³/mol. The lowest BCUT2D eigenvalue weighted by atomic mass is 10.1. The van der Waals surface area contributed by atoms with Gasteiger partial charge in [0.25, 0.3) is 10.0 Å². The van der Waals surface area contributed by atoms with Crippen molar-refractivity contribution in [2.45, 2.75) is 74.9 Å². The number of hydrogen-bond donors (Lipinski definition) is 1. The fraction of sp³-hybridized carbons (Fsp3) is 0.394. The van der Waals surface area contributed by atoms with Crippen LogP contribution in [-0.2, 0) is 26.2 Å². The average molecular weight is 624 g/mol. The van der Waals surface area contributed by atoms with Crippen LogP contribution in [0.5, 0.6) is 5.75 Å². The van der Waals surface area contributed by atoms with Crippen molar-refractivity contribution in [1.82, 2.24) is 10.2 Å². The number of carbonyl (C=O) groups is 2.